The first-order valence-electron chi connectivity index (χ1n) is 6.56. The summed E-state index contributed by atoms with van der Waals surface area (Å²) in [6, 6.07) is 0. The summed E-state index contributed by atoms with van der Waals surface area (Å²) in [6.07, 6.45) is 5.16. The quantitative estimate of drug-likeness (QED) is 0.535. The molecule has 1 atom stereocenters. The number of fused-ring (bicyclic) bond motifs is 1. The van der Waals surface area contributed by atoms with E-state index in [4.69, 9.17) is 6.42 Å². The van der Waals surface area contributed by atoms with Gasteiger partial charge in [-0.1, -0.05) is 17.7 Å². The minimum absolute atomic E-state index is 0.0769. The number of hydrogen-bond acceptors (Lipinski definition) is 5. The predicted octanol–water partition coefficient (Wildman–Crippen LogP) is 2.85. The van der Waals surface area contributed by atoms with E-state index < -0.39 is 0 Å². The number of hydrogen-bond donors (Lipinski definition) is 1. The van der Waals surface area contributed by atoms with Crippen LogP contribution in [0, 0.1) is 33.1 Å². The second-order valence-corrected chi connectivity index (χ2v) is 7.25. The molecule has 0 radical (unpaired) electrons. The number of nitrogens with zero attached hydrogens (tertiary/aromatic N) is 2. The Morgan fingerprint density at radius 3 is 2.81 bits per heavy atom. The Morgan fingerprint density at radius 1 is 1.43 bits per heavy atom. The van der Waals surface area contributed by atoms with Gasteiger partial charge >= 0.3 is 0 Å². The van der Waals surface area contributed by atoms with Crippen molar-refractivity contribution in [3.05, 3.63) is 16.3 Å². The number of aromatic nitrogens is 2. The Labute approximate surface area is 132 Å². The summed E-state index contributed by atoms with van der Waals surface area (Å²) in [5.74, 6) is 3.05. The van der Waals surface area contributed by atoms with Crippen molar-refractivity contribution in [3.63, 3.8) is 0 Å². The zero-order valence-corrected chi connectivity index (χ0v) is 14.1. The van der Waals surface area contributed by atoms with Gasteiger partial charge in [0.2, 0.25) is 5.91 Å². The van der Waals surface area contributed by atoms with Gasteiger partial charge < -0.3 is 5.32 Å². The molecule has 110 valence electrons. The van der Waals surface area contributed by atoms with E-state index in [9.17, 15) is 4.79 Å². The molecule has 0 aliphatic carbocycles. The van der Waals surface area contributed by atoms with E-state index in [1.807, 2.05) is 13.8 Å². The second-order valence-electron chi connectivity index (χ2n) is 4.72. The van der Waals surface area contributed by atoms with Gasteiger partial charge in [0.25, 0.3) is 0 Å². The van der Waals surface area contributed by atoms with Crippen molar-refractivity contribution in [1.29, 1.82) is 0 Å². The Bertz CT molecular complexity index is 731. The highest BCUT2D eigenvalue weighted by Gasteiger charge is 2.19. The predicted molar refractivity (Wildman–Crippen MR) is 88.8 cm³/mol. The van der Waals surface area contributed by atoms with Crippen molar-refractivity contribution in [2.24, 2.45) is 0 Å². The highest BCUT2D eigenvalue weighted by atomic mass is 32.2. The van der Waals surface area contributed by atoms with Crippen LogP contribution in [-0.2, 0) is 4.79 Å². The largest absolute Gasteiger partial charge is 0.344 e. The Kier molecular flexibility index (Phi) is 4.86. The molecule has 2 aromatic heterocycles. The number of carbonyl (C=O) groups excluding carboxylic acids is 1. The third-order valence-corrected chi connectivity index (χ3v) is 5.32. The van der Waals surface area contributed by atoms with E-state index in [-0.39, 0.29) is 17.7 Å². The molecule has 1 N–H and O–H groups in total. The Morgan fingerprint density at radius 2 is 2.14 bits per heavy atom. The number of rotatable bonds is 4. The van der Waals surface area contributed by atoms with Crippen molar-refractivity contribution in [1.82, 2.24) is 15.3 Å². The van der Waals surface area contributed by atoms with E-state index >= 15 is 0 Å². The summed E-state index contributed by atoms with van der Waals surface area (Å²) < 4.78 is 0. The van der Waals surface area contributed by atoms with Crippen molar-refractivity contribution in [2.45, 2.75) is 38.0 Å². The highest BCUT2D eigenvalue weighted by molar-refractivity contribution is 8.00. The number of aryl methyl sites for hydroxylation is 3. The molecule has 2 heterocycles. The fourth-order valence-corrected chi connectivity index (χ4v) is 4.12. The first-order valence-corrected chi connectivity index (χ1v) is 8.25. The summed E-state index contributed by atoms with van der Waals surface area (Å²) in [5, 5.41) is 4.37. The number of terminal acetylenes is 1. The zero-order chi connectivity index (χ0) is 15.6. The molecular formula is C15H17N3OS2. The SMILES string of the molecule is C#CCNC(=O)C(C)Sc1nc(C)nc2sc(C)c(C)c12. The summed E-state index contributed by atoms with van der Waals surface area (Å²) in [4.78, 5) is 23.2. The molecule has 21 heavy (non-hydrogen) atoms. The number of nitrogens with one attached hydrogen (secondary N) is 1. The minimum Gasteiger partial charge on any atom is -0.344 e. The molecule has 0 fully saturated rings. The maximum Gasteiger partial charge on any atom is 0.234 e. The lowest BCUT2D eigenvalue weighted by Crippen LogP contribution is -2.31. The molecule has 0 bridgehead atoms. The van der Waals surface area contributed by atoms with Gasteiger partial charge in [-0.25, -0.2) is 9.97 Å². The molecule has 0 aliphatic rings. The average molecular weight is 319 g/mol. The summed E-state index contributed by atoms with van der Waals surface area (Å²) in [5.41, 5.74) is 1.19. The number of carbonyl (C=O) groups is 1. The van der Waals surface area contributed by atoms with Crippen LogP contribution in [0.1, 0.15) is 23.2 Å². The fraction of sp³-hybridized carbons (Fsp3) is 0.400. The van der Waals surface area contributed by atoms with E-state index in [0.29, 0.717) is 0 Å². The number of amides is 1. The van der Waals surface area contributed by atoms with E-state index in [0.717, 1.165) is 21.1 Å². The monoisotopic (exact) mass is 319 g/mol. The molecule has 6 heteroatoms. The lowest BCUT2D eigenvalue weighted by atomic mass is 10.2. The molecule has 1 unspecified atom stereocenters. The molecular weight excluding hydrogens is 302 g/mol. The maximum absolute atomic E-state index is 11.9. The first-order chi connectivity index (χ1) is 9.93. The van der Waals surface area contributed by atoms with E-state index in [2.05, 4.69) is 35.1 Å². The third kappa shape index (κ3) is 3.36. The topological polar surface area (TPSA) is 54.9 Å². The fourth-order valence-electron chi connectivity index (χ4n) is 1.90. The lowest BCUT2D eigenvalue weighted by Gasteiger charge is -2.11. The van der Waals surface area contributed by atoms with Gasteiger partial charge in [-0.15, -0.1) is 17.8 Å². The molecule has 0 saturated heterocycles. The zero-order valence-electron chi connectivity index (χ0n) is 12.5. The van der Waals surface area contributed by atoms with Crippen LogP contribution in [0.4, 0.5) is 0 Å². The van der Waals surface area contributed by atoms with Gasteiger partial charge in [0.05, 0.1) is 11.8 Å². The smallest absolute Gasteiger partial charge is 0.234 e. The molecule has 2 rings (SSSR count). The lowest BCUT2D eigenvalue weighted by molar-refractivity contribution is -0.120. The highest BCUT2D eigenvalue weighted by Crippen LogP contribution is 2.36. The van der Waals surface area contributed by atoms with Crippen LogP contribution in [0.5, 0.6) is 0 Å². The molecule has 4 nitrogen and oxygen atoms in total. The van der Waals surface area contributed by atoms with Gasteiger partial charge in [0.15, 0.2) is 0 Å². The Hall–Kier alpha value is -1.58. The van der Waals surface area contributed by atoms with Crippen LogP contribution in [-0.4, -0.2) is 27.7 Å². The van der Waals surface area contributed by atoms with Crippen molar-refractivity contribution < 1.29 is 4.79 Å². The van der Waals surface area contributed by atoms with Gasteiger partial charge in [-0.2, -0.15) is 0 Å². The molecule has 0 saturated carbocycles. The van der Waals surface area contributed by atoms with Gasteiger partial charge in [0.1, 0.15) is 15.7 Å². The van der Waals surface area contributed by atoms with Crippen LogP contribution in [0.25, 0.3) is 10.2 Å². The van der Waals surface area contributed by atoms with Crippen LogP contribution in [0.15, 0.2) is 5.03 Å². The first kappa shape index (κ1) is 15.8. The standard InChI is InChI=1S/C15H17N3OS2/c1-6-7-16-13(19)10(4)21-15-12-8(2)9(3)20-14(12)17-11(5)18-15/h1,10H,7H2,2-5H3,(H,16,19). The van der Waals surface area contributed by atoms with E-state index in [1.54, 1.807) is 11.3 Å². The van der Waals surface area contributed by atoms with Gasteiger partial charge in [-0.3, -0.25) is 4.79 Å². The van der Waals surface area contributed by atoms with Crippen molar-refractivity contribution in [2.75, 3.05) is 6.54 Å². The molecule has 1 amide bonds. The summed E-state index contributed by atoms with van der Waals surface area (Å²) >= 11 is 3.11. The molecule has 2 aromatic rings. The van der Waals surface area contributed by atoms with Gasteiger partial charge in [-0.05, 0) is 33.3 Å². The van der Waals surface area contributed by atoms with Gasteiger partial charge in [0, 0.05) is 10.3 Å². The molecule has 0 spiro atoms. The third-order valence-electron chi connectivity index (χ3n) is 3.13. The van der Waals surface area contributed by atoms with Crippen LogP contribution in [0.2, 0.25) is 0 Å². The van der Waals surface area contributed by atoms with E-state index in [1.165, 1.54) is 22.2 Å². The number of thiophene rings is 1. The maximum atomic E-state index is 11.9. The summed E-state index contributed by atoms with van der Waals surface area (Å²) in [7, 11) is 0. The number of thioether (sulfide) groups is 1. The van der Waals surface area contributed by atoms with Crippen molar-refractivity contribution in [3.8, 4) is 12.3 Å². The second kappa shape index (κ2) is 6.46. The molecule has 0 aliphatic heterocycles. The molecule has 0 aromatic carbocycles. The van der Waals surface area contributed by atoms with Crippen LogP contribution in [0.3, 0.4) is 0 Å². The van der Waals surface area contributed by atoms with Crippen LogP contribution >= 0.6 is 23.1 Å². The van der Waals surface area contributed by atoms with Crippen molar-refractivity contribution >= 4 is 39.2 Å². The normalized spacial score (nSPS) is 12.1. The van der Waals surface area contributed by atoms with Crippen LogP contribution < -0.4 is 5.32 Å². The summed E-state index contributed by atoms with van der Waals surface area (Å²) in [6.45, 7) is 8.12. The average Bonchev–Trinajstić information content (AvgIpc) is 2.70. The Balaban J connectivity index is 2.34. The minimum atomic E-state index is -0.254.